The minimum absolute atomic E-state index is 0.106. The van der Waals surface area contributed by atoms with Gasteiger partial charge in [-0.1, -0.05) is 26.8 Å². The van der Waals surface area contributed by atoms with Crippen LogP contribution in [-0.2, 0) is 9.22 Å². The molecule has 0 amide bonds. The van der Waals surface area contributed by atoms with Crippen LogP contribution in [0.2, 0.25) is 18.1 Å². The third kappa shape index (κ3) is 4.98. The zero-order valence-corrected chi connectivity index (χ0v) is 16.8. The van der Waals surface area contributed by atoms with Crippen LogP contribution in [0.15, 0.2) is 18.2 Å². The maximum absolute atomic E-state index is 11.7. The quantitative estimate of drug-likeness (QED) is 0.706. The molecule has 0 bridgehead atoms. The van der Waals surface area contributed by atoms with Gasteiger partial charge in [-0.05, 0) is 32.4 Å². The number of benzene rings is 1. The normalized spacial score (nSPS) is 13.5. The molecule has 0 spiro atoms. The van der Waals surface area contributed by atoms with E-state index in [1.165, 1.54) is 7.11 Å². The lowest BCUT2D eigenvalue weighted by Gasteiger charge is -2.48. The number of carboxylic acids is 1. The van der Waals surface area contributed by atoms with Gasteiger partial charge in [0.25, 0.3) is 0 Å². The number of carboxylic acid groups (broad SMARTS) is 1. The summed E-state index contributed by atoms with van der Waals surface area (Å²) >= 11 is 0. The van der Waals surface area contributed by atoms with Crippen LogP contribution in [0, 0.1) is 0 Å². The molecule has 5 nitrogen and oxygen atoms in total. The summed E-state index contributed by atoms with van der Waals surface area (Å²) in [6, 6.07) is 5.23. The van der Waals surface area contributed by atoms with Gasteiger partial charge in [-0.15, -0.1) is 18.1 Å². The molecule has 0 heterocycles. The largest absolute Gasteiger partial charge is 0.564 e. The van der Waals surface area contributed by atoms with E-state index in [1.807, 2.05) is 0 Å². The predicted molar refractivity (Wildman–Crippen MR) is 97.7 cm³/mol. The number of rotatable bonds is 8. The number of aliphatic carboxylic acids is 1. The molecule has 0 aliphatic heterocycles. The van der Waals surface area contributed by atoms with E-state index in [9.17, 15) is 9.90 Å². The SMILES string of the molecule is COc1ccc(C(CCO[Si-](C)(C)C(C)(C)C)C(=O)O)cc1OC. The summed E-state index contributed by atoms with van der Waals surface area (Å²) in [7, 11) is 1.22. The lowest BCUT2D eigenvalue weighted by atomic mass is 9.96. The van der Waals surface area contributed by atoms with Crippen molar-refractivity contribution < 1.29 is 23.8 Å². The van der Waals surface area contributed by atoms with Crippen LogP contribution in [0.5, 0.6) is 11.5 Å². The average Bonchev–Trinajstić information content (AvgIpc) is 2.49. The van der Waals surface area contributed by atoms with Crippen molar-refractivity contribution in [3.8, 4) is 11.5 Å². The van der Waals surface area contributed by atoms with Crippen molar-refractivity contribution in [1.29, 1.82) is 0 Å². The van der Waals surface area contributed by atoms with Crippen molar-refractivity contribution in [1.82, 2.24) is 0 Å². The molecule has 0 aliphatic carbocycles. The van der Waals surface area contributed by atoms with E-state index < -0.39 is 20.2 Å². The second-order valence-electron chi connectivity index (χ2n) is 7.40. The van der Waals surface area contributed by atoms with Crippen molar-refractivity contribution in [2.24, 2.45) is 0 Å². The molecular formula is C18H30O5Si-. The second kappa shape index (κ2) is 8.03. The predicted octanol–water partition coefficient (Wildman–Crippen LogP) is 4.28. The highest BCUT2D eigenvalue weighted by atomic mass is 28.4. The first-order valence-electron chi connectivity index (χ1n) is 8.12. The summed E-state index contributed by atoms with van der Waals surface area (Å²) in [6.45, 7) is 11.3. The molecule has 6 heteroatoms. The molecule has 1 rings (SSSR count). The summed E-state index contributed by atoms with van der Waals surface area (Å²) in [5.41, 5.74) is 0.694. The number of hydrogen-bond acceptors (Lipinski definition) is 4. The van der Waals surface area contributed by atoms with Gasteiger partial charge in [0.1, 0.15) is 0 Å². The lowest BCUT2D eigenvalue weighted by Crippen LogP contribution is -2.41. The number of hydrogen-bond donors (Lipinski definition) is 1. The zero-order chi connectivity index (χ0) is 18.5. The highest BCUT2D eigenvalue weighted by Gasteiger charge is 2.26. The Morgan fingerprint density at radius 3 is 2.21 bits per heavy atom. The van der Waals surface area contributed by atoms with Crippen LogP contribution in [0.3, 0.4) is 0 Å². The Hall–Kier alpha value is -1.53. The molecule has 0 radical (unpaired) electrons. The molecule has 0 fully saturated rings. The van der Waals surface area contributed by atoms with Crippen LogP contribution in [-0.4, -0.2) is 40.2 Å². The van der Waals surface area contributed by atoms with Gasteiger partial charge in [0.15, 0.2) is 11.5 Å². The Morgan fingerprint density at radius 2 is 1.75 bits per heavy atom. The van der Waals surface area contributed by atoms with Gasteiger partial charge in [0.05, 0.1) is 20.1 Å². The third-order valence-corrected chi connectivity index (χ3v) is 9.32. The molecule has 1 N–H and O–H groups in total. The molecule has 1 aromatic rings. The van der Waals surface area contributed by atoms with Crippen LogP contribution < -0.4 is 9.47 Å². The zero-order valence-electron chi connectivity index (χ0n) is 15.8. The van der Waals surface area contributed by atoms with E-state index in [4.69, 9.17) is 13.9 Å². The summed E-state index contributed by atoms with van der Waals surface area (Å²) in [6.07, 6.45) is 0.428. The first kappa shape index (κ1) is 20.5. The summed E-state index contributed by atoms with van der Waals surface area (Å²) in [5.74, 6) is -0.370. The molecule has 1 atom stereocenters. The Morgan fingerprint density at radius 1 is 1.17 bits per heavy atom. The van der Waals surface area contributed by atoms with E-state index in [0.29, 0.717) is 30.1 Å². The van der Waals surface area contributed by atoms with Gasteiger partial charge in [-0.25, -0.2) is 0 Å². The molecule has 0 aliphatic rings. The van der Waals surface area contributed by atoms with E-state index in [2.05, 4.69) is 33.9 Å². The minimum Gasteiger partial charge on any atom is -0.564 e. The van der Waals surface area contributed by atoms with Crippen molar-refractivity contribution >= 4 is 14.3 Å². The standard InChI is InChI=1S/C18H30O5Si/c1-18(2,3)24(6,7)23-11-10-14(17(19)20)13-8-9-15(21-4)16(12-13)22-5/h8-9,12,14H,10-11H2,1-7H3,(H,19,20)/q-1. The van der Waals surface area contributed by atoms with E-state index in [1.54, 1.807) is 25.3 Å². The van der Waals surface area contributed by atoms with Crippen molar-refractivity contribution in [3.63, 3.8) is 0 Å². The molecule has 24 heavy (non-hydrogen) atoms. The van der Waals surface area contributed by atoms with Crippen LogP contribution in [0.4, 0.5) is 0 Å². The topological polar surface area (TPSA) is 65.0 Å². The Kier molecular flexibility index (Phi) is 6.86. The summed E-state index contributed by atoms with van der Waals surface area (Å²) < 4.78 is 16.6. The molecule has 137 valence electrons. The molecule has 0 saturated heterocycles. The van der Waals surface area contributed by atoms with Gasteiger partial charge in [-0.2, -0.15) is 0 Å². The first-order chi connectivity index (χ1) is 11.0. The average molecular weight is 355 g/mol. The van der Waals surface area contributed by atoms with Gasteiger partial charge in [-0.3, -0.25) is 4.79 Å². The maximum atomic E-state index is 11.7. The number of methoxy groups -OCH3 is 2. The Balaban J connectivity index is 2.88. The second-order valence-corrected chi connectivity index (χ2v) is 12.2. The molecule has 1 aromatic carbocycles. The molecule has 0 saturated carbocycles. The highest BCUT2D eigenvalue weighted by Crippen LogP contribution is 2.37. The highest BCUT2D eigenvalue weighted by molar-refractivity contribution is 6.74. The van der Waals surface area contributed by atoms with E-state index >= 15 is 0 Å². The molecule has 1 unspecified atom stereocenters. The summed E-state index contributed by atoms with van der Waals surface area (Å²) in [4.78, 5) is 11.7. The fraction of sp³-hybridized carbons (Fsp3) is 0.611. The van der Waals surface area contributed by atoms with Crippen molar-refractivity contribution in [2.45, 2.75) is 51.2 Å². The Bertz CT molecular complexity index is 563. The molecular weight excluding hydrogens is 324 g/mol. The Labute approximate surface area is 146 Å². The first-order valence-corrected chi connectivity index (χ1v) is 11.0. The fourth-order valence-electron chi connectivity index (χ4n) is 2.15. The smallest absolute Gasteiger partial charge is 0.311 e. The maximum Gasteiger partial charge on any atom is 0.311 e. The lowest BCUT2D eigenvalue weighted by molar-refractivity contribution is -0.139. The monoisotopic (exact) mass is 354 g/mol. The number of ether oxygens (including phenoxy) is 2. The van der Waals surface area contributed by atoms with E-state index in [-0.39, 0.29) is 5.04 Å². The van der Waals surface area contributed by atoms with Crippen LogP contribution in [0.1, 0.15) is 38.7 Å². The van der Waals surface area contributed by atoms with Gasteiger partial charge in [0.2, 0.25) is 0 Å². The number of carbonyl (C=O) groups is 1. The minimum atomic E-state index is -1.88. The van der Waals surface area contributed by atoms with Crippen molar-refractivity contribution in [3.05, 3.63) is 23.8 Å². The molecule has 0 aromatic heterocycles. The summed E-state index contributed by atoms with van der Waals surface area (Å²) in [5, 5.41) is 9.70. The fourth-order valence-corrected chi connectivity index (χ4v) is 3.21. The van der Waals surface area contributed by atoms with E-state index in [0.717, 1.165) is 0 Å². The van der Waals surface area contributed by atoms with Gasteiger partial charge < -0.3 is 19.0 Å². The van der Waals surface area contributed by atoms with Crippen LogP contribution >= 0.6 is 0 Å². The van der Waals surface area contributed by atoms with Crippen LogP contribution in [0.25, 0.3) is 0 Å². The van der Waals surface area contributed by atoms with Gasteiger partial charge >= 0.3 is 5.97 Å². The van der Waals surface area contributed by atoms with Crippen molar-refractivity contribution in [2.75, 3.05) is 20.8 Å². The third-order valence-electron chi connectivity index (χ3n) is 4.78. The van der Waals surface area contributed by atoms with Gasteiger partial charge in [0, 0.05) is 6.61 Å².